The van der Waals surface area contributed by atoms with Crippen LogP contribution >= 0.6 is 0 Å². The molecule has 1 saturated heterocycles. The van der Waals surface area contributed by atoms with Gasteiger partial charge in [0.05, 0.1) is 16.6 Å². The van der Waals surface area contributed by atoms with Crippen molar-refractivity contribution in [3.8, 4) is 11.4 Å². The van der Waals surface area contributed by atoms with Crippen LogP contribution in [0.4, 0.5) is 4.39 Å². The zero-order valence-corrected chi connectivity index (χ0v) is 16.9. The summed E-state index contributed by atoms with van der Waals surface area (Å²) in [6, 6.07) is 13.2. The van der Waals surface area contributed by atoms with Crippen LogP contribution in [0.3, 0.4) is 0 Å². The molecule has 0 aliphatic carbocycles. The molecule has 2 aromatic carbocycles. The summed E-state index contributed by atoms with van der Waals surface area (Å²) >= 11 is 0. The third kappa shape index (κ3) is 4.01. The molecule has 1 fully saturated rings. The maximum Gasteiger partial charge on any atom is 0.152 e. The first-order chi connectivity index (χ1) is 14.1. The molecule has 3 aromatic rings. The molecule has 0 saturated carbocycles. The van der Waals surface area contributed by atoms with Crippen molar-refractivity contribution in [2.24, 2.45) is 0 Å². The number of allylic oxidation sites excluding steroid dienone is 1. The van der Waals surface area contributed by atoms with Gasteiger partial charge in [0.1, 0.15) is 11.6 Å². The number of carbonyl (C=O) groups is 1. The van der Waals surface area contributed by atoms with Crippen LogP contribution in [0, 0.1) is 5.82 Å². The van der Waals surface area contributed by atoms with Gasteiger partial charge < -0.3 is 9.47 Å². The standard InChI is InChI=1S/C24H26FN3O/c1-3-27-14-6-7-19(16-27)28-23-9-5-4-8-22(23)26-24(28)20-15-18(11-10-17(2)29)12-13-21(20)25/h4-5,8-13,15,19H,3,6-7,14,16H2,1-2H3/b11-10+. The first kappa shape index (κ1) is 19.5. The van der Waals surface area contributed by atoms with E-state index in [4.69, 9.17) is 4.98 Å². The molecule has 4 nitrogen and oxygen atoms in total. The zero-order chi connectivity index (χ0) is 20.4. The van der Waals surface area contributed by atoms with Crippen LogP contribution in [-0.2, 0) is 4.79 Å². The summed E-state index contributed by atoms with van der Waals surface area (Å²) in [7, 11) is 0. The lowest BCUT2D eigenvalue weighted by Crippen LogP contribution is -2.36. The van der Waals surface area contributed by atoms with Gasteiger partial charge in [0.25, 0.3) is 0 Å². The van der Waals surface area contributed by atoms with E-state index in [1.807, 2.05) is 18.2 Å². The molecular weight excluding hydrogens is 365 g/mol. The molecule has 1 unspecified atom stereocenters. The second-order valence-electron chi connectivity index (χ2n) is 7.67. The molecular formula is C24H26FN3O. The highest BCUT2D eigenvalue weighted by Crippen LogP contribution is 2.34. The number of likely N-dealkylation sites (N-methyl/N-ethyl adjacent to an activating group) is 1. The van der Waals surface area contributed by atoms with Crippen molar-refractivity contribution in [3.63, 3.8) is 0 Å². The molecule has 0 spiro atoms. The minimum atomic E-state index is -0.301. The van der Waals surface area contributed by atoms with Crippen molar-refractivity contribution in [2.45, 2.75) is 32.7 Å². The SMILES string of the molecule is CCN1CCCC(n2c(-c3cc(/C=C/C(C)=O)ccc3F)nc3ccccc32)C1. The van der Waals surface area contributed by atoms with Gasteiger partial charge in [0, 0.05) is 12.6 Å². The molecule has 0 radical (unpaired) electrons. The van der Waals surface area contributed by atoms with Crippen LogP contribution in [0.5, 0.6) is 0 Å². The van der Waals surface area contributed by atoms with E-state index in [1.165, 1.54) is 19.1 Å². The van der Waals surface area contributed by atoms with Crippen LogP contribution in [-0.4, -0.2) is 39.9 Å². The fraction of sp³-hybridized carbons (Fsp3) is 0.333. The van der Waals surface area contributed by atoms with Gasteiger partial charge in [-0.15, -0.1) is 0 Å². The van der Waals surface area contributed by atoms with Gasteiger partial charge in [-0.2, -0.15) is 0 Å². The Bertz CT molecular complexity index is 1070. The molecule has 4 rings (SSSR count). The van der Waals surface area contributed by atoms with Crippen molar-refractivity contribution in [3.05, 3.63) is 59.9 Å². The van der Waals surface area contributed by atoms with E-state index in [-0.39, 0.29) is 17.6 Å². The van der Waals surface area contributed by atoms with Gasteiger partial charge in [0.15, 0.2) is 5.78 Å². The average Bonchev–Trinajstić information content (AvgIpc) is 3.12. The lowest BCUT2D eigenvalue weighted by molar-refractivity contribution is -0.112. The van der Waals surface area contributed by atoms with Gasteiger partial charge in [-0.3, -0.25) is 4.79 Å². The molecule has 1 aliphatic rings. The fourth-order valence-electron chi connectivity index (χ4n) is 4.16. The number of rotatable bonds is 5. The third-order valence-electron chi connectivity index (χ3n) is 5.63. The van der Waals surface area contributed by atoms with Gasteiger partial charge in [-0.1, -0.05) is 31.2 Å². The predicted octanol–water partition coefficient (Wildman–Crippen LogP) is 5.10. The number of aromatic nitrogens is 2. The number of benzene rings is 2. The number of halogens is 1. The third-order valence-corrected chi connectivity index (χ3v) is 5.63. The predicted molar refractivity (Wildman–Crippen MR) is 115 cm³/mol. The Hall–Kier alpha value is -2.79. The van der Waals surface area contributed by atoms with Crippen LogP contribution in [0.1, 0.15) is 38.3 Å². The Balaban J connectivity index is 1.86. The topological polar surface area (TPSA) is 38.1 Å². The number of hydrogen-bond acceptors (Lipinski definition) is 3. The normalized spacial score (nSPS) is 18.0. The van der Waals surface area contributed by atoms with E-state index in [2.05, 4.69) is 22.5 Å². The zero-order valence-electron chi connectivity index (χ0n) is 16.9. The molecule has 150 valence electrons. The Morgan fingerprint density at radius 1 is 1.28 bits per heavy atom. The van der Waals surface area contributed by atoms with E-state index in [9.17, 15) is 9.18 Å². The molecule has 2 heterocycles. The Morgan fingerprint density at radius 2 is 2.10 bits per heavy atom. The molecule has 0 bridgehead atoms. The smallest absolute Gasteiger partial charge is 0.152 e. The number of fused-ring (bicyclic) bond motifs is 1. The Kier molecular flexibility index (Phi) is 5.58. The molecule has 0 N–H and O–H groups in total. The highest BCUT2D eigenvalue weighted by Gasteiger charge is 2.26. The van der Waals surface area contributed by atoms with Crippen LogP contribution < -0.4 is 0 Å². The molecule has 0 amide bonds. The summed E-state index contributed by atoms with van der Waals surface area (Å²) in [4.78, 5) is 18.6. The van der Waals surface area contributed by atoms with E-state index >= 15 is 0 Å². The summed E-state index contributed by atoms with van der Waals surface area (Å²) in [5.41, 5.74) is 3.17. The molecule has 1 aromatic heterocycles. The first-order valence-corrected chi connectivity index (χ1v) is 10.2. The monoisotopic (exact) mass is 391 g/mol. The maximum atomic E-state index is 14.9. The van der Waals surface area contributed by atoms with Gasteiger partial charge in [-0.05, 0) is 68.8 Å². The van der Waals surface area contributed by atoms with Crippen LogP contribution in [0.25, 0.3) is 28.5 Å². The van der Waals surface area contributed by atoms with Gasteiger partial charge in [0.2, 0.25) is 0 Å². The summed E-state index contributed by atoms with van der Waals surface area (Å²) in [5.74, 6) is 0.319. The van der Waals surface area contributed by atoms with E-state index in [0.717, 1.165) is 49.1 Å². The average molecular weight is 391 g/mol. The lowest BCUT2D eigenvalue weighted by Gasteiger charge is -2.33. The maximum absolute atomic E-state index is 14.9. The number of nitrogens with zero attached hydrogens (tertiary/aromatic N) is 3. The minimum absolute atomic E-state index is 0.0371. The number of piperidine rings is 1. The van der Waals surface area contributed by atoms with E-state index in [1.54, 1.807) is 18.2 Å². The number of imidazole rings is 1. The number of ketones is 1. The summed E-state index contributed by atoms with van der Waals surface area (Å²) in [6.45, 7) is 6.74. The molecule has 1 aliphatic heterocycles. The summed E-state index contributed by atoms with van der Waals surface area (Å²) in [6.07, 6.45) is 5.39. The van der Waals surface area contributed by atoms with Crippen molar-refractivity contribution >= 4 is 22.9 Å². The van der Waals surface area contributed by atoms with Crippen LogP contribution in [0.2, 0.25) is 0 Å². The second-order valence-corrected chi connectivity index (χ2v) is 7.67. The van der Waals surface area contributed by atoms with Crippen LogP contribution in [0.15, 0.2) is 48.5 Å². The number of para-hydroxylation sites is 2. The largest absolute Gasteiger partial charge is 0.319 e. The highest BCUT2D eigenvalue weighted by atomic mass is 19.1. The van der Waals surface area contributed by atoms with E-state index in [0.29, 0.717) is 11.4 Å². The summed E-state index contributed by atoms with van der Waals surface area (Å²) in [5, 5.41) is 0. The summed E-state index contributed by atoms with van der Waals surface area (Å²) < 4.78 is 17.1. The molecule has 5 heteroatoms. The highest BCUT2D eigenvalue weighted by molar-refractivity contribution is 5.91. The number of likely N-dealkylation sites (tertiary alicyclic amines) is 1. The van der Waals surface area contributed by atoms with Gasteiger partial charge >= 0.3 is 0 Å². The first-order valence-electron chi connectivity index (χ1n) is 10.2. The number of carbonyl (C=O) groups excluding carboxylic acids is 1. The van der Waals surface area contributed by atoms with Crippen molar-refractivity contribution in [2.75, 3.05) is 19.6 Å². The molecule has 1 atom stereocenters. The van der Waals surface area contributed by atoms with Crippen molar-refractivity contribution < 1.29 is 9.18 Å². The second kappa shape index (κ2) is 8.29. The van der Waals surface area contributed by atoms with Crippen molar-refractivity contribution in [1.29, 1.82) is 0 Å². The Labute approximate surface area is 170 Å². The van der Waals surface area contributed by atoms with Crippen molar-refractivity contribution in [1.82, 2.24) is 14.5 Å². The number of hydrogen-bond donors (Lipinski definition) is 0. The fourth-order valence-corrected chi connectivity index (χ4v) is 4.16. The lowest BCUT2D eigenvalue weighted by atomic mass is 10.0. The Morgan fingerprint density at radius 3 is 2.90 bits per heavy atom. The van der Waals surface area contributed by atoms with Gasteiger partial charge in [-0.25, -0.2) is 9.37 Å². The molecule has 29 heavy (non-hydrogen) atoms. The minimum Gasteiger partial charge on any atom is -0.319 e. The quantitative estimate of drug-likeness (QED) is 0.568. The van der Waals surface area contributed by atoms with E-state index < -0.39 is 0 Å².